The molecule has 2 rings (SSSR count). The summed E-state index contributed by atoms with van der Waals surface area (Å²) < 4.78 is 0. The molecular formula is C22H35NOS. The molecule has 1 aromatic carbocycles. The van der Waals surface area contributed by atoms with Crippen LogP contribution in [0, 0.1) is 11.3 Å². The molecule has 0 spiro atoms. The number of carbonyl (C=O) groups excluding carboxylic acids is 1. The summed E-state index contributed by atoms with van der Waals surface area (Å²) in [4.78, 5) is 15.0. The van der Waals surface area contributed by atoms with E-state index in [2.05, 4.69) is 77.6 Å². The van der Waals surface area contributed by atoms with Crippen LogP contribution in [0.4, 0.5) is 0 Å². The number of benzene rings is 1. The first-order valence-electron chi connectivity index (χ1n) is 9.49. The summed E-state index contributed by atoms with van der Waals surface area (Å²) in [6, 6.07) is 8.86. The van der Waals surface area contributed by atoms with Gasteiger partial charge in [0.2, 0.25) is 5.91 Å². The summed E-state index contributed by atoms with van der Waals surface area (Å²) >= 11 is 1.89. The van der Waals surface area contributed by atoms with Gasteiger partial charge in [0.25, 0.3) is 0 Å². The van der Waals surface area contributed by atoms with Crippen molar-refractivity contribution in [1.29, 1.82) is 0 Å². The average molecular weight is 362 g/mol. The number of carbonyl (C=O) groups is 1. The van der Waals surface area contributed by atoms with Crippen LogP contribution in [0.3, 0.4) is 0 Å². The topological polar surface area (TPSA) is 20.3 Å². The molecule has 0 N–H and O–H groups in total. The predicted molar refractivity (Wildman–Crippen MR) is 110 cm³/mol. The van der Waals surface area contributed by atoms with E-state index in [1.54, 1.807) is 0 Å². The van der Waals surface area contributed by atoms with Crippen LogP contribution in [0.1, 0.15) is 77.8 Å². The summed E-state index contributed by atoms with van der Waals surface area (Å²) in [5.74, 6) is 1.78. The number of amides is 1. The van der Waals surface area contributed by atoms with E-state index in [0.717, 1.165) is 18.7 Å². The number of hydrogen-bond donors (Lipinski definition) is 0. The predicted octanol–water partition coefficient (Wildman–Crippen LogP) is 6.02. The monoisotopic (exact) mass is 361 g/mol. The molecule has 1 amide bonds. The molecule has 1 heterocycles. The van der Waals surface area contributed by atoms with Gasteiger partial charge in [-0.05, 0) is 34.3 Å². The van der Waals surface area contributed by atoms with Crippen LogP contribution in [0.2, 0.25) is 0 Å². The Bertz CT molecular complexity index is 580. The molecule has 0 saturated carbocycles. The third-order valence-electron chi connectivity index (χ3n) is 4.76. The fraction of sp³-hybridized carbons (Fsp3) is 0.682. The quantitative estimate of drug-likeness (QED) is 0.653. The van der Waals surface area contributed by atoms with Gasteiger partial charge in [0.1, 0.15) is 5.37 Å². The van der Waals surface area contributed by atoms with E-state index in [0.29, 0.717) is 18.2 Å². The molecule has 1 aromatic rings. The maximum atomic E-state index is 12.9. The first kappa shape index (κ1) is 20.4. The largest absolute Gasteiger partial charge is 0.326 e. The van der Waals surface area contributed by atoms with Gasteiger partial charge in [0.05, 0.1) is 0 Å². The van der Waals surface area contributed by atoms with Gasteiger partial charge >= 0.3 is 0 Å². The maximum absolute atomic E-state index is 12.9. The lowest BCUT2D eigenvalue weighted by atomic mass is 9.84. The second kappa shape index (κ2) is 7.73. The van der Waals surface area contributed by atoms with Gasteiger partial charge in [-0.3, -0.25) is 4.79 Å². The Balaban J connectivity index is 2.05. The highest BCUT2D eigenvalue weighted by Crippen LogP contribution is 2.39. The first-order chi connectivity index (χ1) is 11.5. The molecule has 0 aromatic heterocycles. The van der Waals surface area contributed by atoms with E-state index >= 15 is 0 Å². The minimum absolute atomic E-state index is 0.166. The molecule has 0 radical (unpaired) electrons. The van der Waals surface area contributed by atoms with Crippen LogP contribution in [0.5, 0.6) is 0 Å². The smallest absolute Gasteiger partial charge is 0.224 e. The fourth-order valence-electron chi connectivity index (χ4n) is 3.68. The lowest BCUT2D eigenvalue weighted by Crippen LogP contribution is -2.32. The third kappa shape index (κ3) is 5.77. The Labute approximate surface area is 158 Å². The van der Waals surface area contributed by atoms with Crippen LogP contribution in [0.15, 0.2) is 24.3 Å². The molecule has 25 heavy (non-hydrogen) atoms. The Morgan fingerprint density at radius 2 is 1.76 bits per heavy atom. The van der Waals surface area contributed by atoms with Gasteiger partial charge in [-0.25, -0.2) is 0 Å². The highest BCUT2D eigenvalue weighted by molar-refractivity contribution is 7.99. The molecule has 1 saturated heterocycles. The van der Waals surface area contributed by atoms with Crippen molar-refractivity contribution in [2.45, 2.75) is 72.1 Å². The minimum Gasteiger partial charge on any atom is -0.326 e. The van der Waals surface area contributed by atoms with Crippen LogP contribution in [-0.2, 0) is 10.2 Å². The van der Waals surface area contributed by atoms with Crippen molar-refractivity contribution in [1.82, 2.24) is 4.90 Å². The van der Waals surface area contributed by atoms with Crippen LogP contribution in [-0.4, -0.2) is 23.1 Å². The zero-order valence-electron chi connectivity index (χ0n) is 17.1. The van der Waals surface area contributed by atoms with Gasteiger partial charge < -0.3 is 4.90 Å². The summed E-state index contributed by atoms with van der Waals surface area (Å²) in [6.07, 6.45) is 1.75. The second-order valence-corrected chi connectivity index (χ2v) is 10.9. The van der Waals surface area contributed by atoms with E-state index in [1.165, 1.54) is 11.1 Å². The average Bonchev–Trinajstić information content (AvgIpc) is 2.93. The number of hydrogen-bond acceptors (Lipinski definition) is 2. The molecule has 1 aliphatic heterocycles. The SMILES string of the molecule is C[C@H](CC(=O)N1CCS[C@H]1c1ccc(C(C)(C)C)cc1)CC(C)(C)C. The molecule has 140 valence electrons. The van der Waals surface area contributed by atoms with Gasteiger partial charge in [-0.15, -0.1) is 11.8 Å². The van der Waals surface area contributed by atoms with Crippen molar-refractivity contribution in [2.24, 2.45) is 11.3 Å². The molecule has 3 heteroatoms. The molecule has 1 fully saturated rings. The van der Waals surface area contributed by atoms with Crippen molar-refractivity contribution >= 4 is 17.7 Å². The van der Waals surface area contributed by atoms with Crippen LogP contribution >= 0.6 is 11.8 Å². The lowest BCUT2D eigenvalue weighted by Gasteiger charge is -2.28. The zero-order chi connectivity index (χ0) is 18.8. The standard InChI is InChI=1S/C22H35NOS/c1-16(15-21(2,3)4)14-19(24)23-12-13-25-20(23)17-8-10-18(11-9-17)22(5,6)7/h8-11,16,20H,12-15H2,1-7H3/t16-,20+/m1/s1. The Kier molecular flexibility index (Phi) is 6.30. The molecule has 2 nitrogen and oxygen atoms in total. The van der Waals surface area contributed by atoms with E-state index in [4.69, 9.17) is 0 Å². The summed E-state index contributed by atoms with van der Waals surface area (Å²) in [5, 5.41) is 0.184. The molecule has 0 unspecified atom stereocenters. The number of thioether (sulfide) groups is 1. The van der Waals surface area contributed by atoms with Gasteiger partial charge in [0, 0.05) is 18.7 Å². The van der Waals surface area contributed by atoms with Crippen molar-refractivity contribution in [3.63, 3.8) is 0 Å². The van der Waals surface area contributed by atoms with Crippen molar-refractivity contribution in [3.8, 4) is 0 Å². The van der Waals surface area contributed by atoms with E-state index in [9.17, 15) is 4.79 Å². The summed E-state index contributed by atoms with van der Waals surface area (Å²) in [7, 11) is 0. The first-order valence-corrected chi connectivity index (χ1v) is 10.5. The summed E-state index contributed by atoms with van der Waals surface area (Å²) in [6.45, 7) is 16.5. The third-order valence-corrected chi connectivity index (χ3v) is 6.02. The Morgan fingerprint density at radius 3 is 2.28 bits per heavy atom. The Hall–Kier alpha value is -0.960. The van der Waals surface area contributed by atoms with Gasteiger partial charge in [0.15, 0.2) is 0 Å². The summed E-state index contributed by atoms with van der Waals surface area (Å²) in [5.41, 5.74) is 3.05. The highest BCUT2D eigenvalue weighted by Gasteiger charge is 2.31. The number of rotatable bonds is 4. The van der Waals surface area contributed by atoms with E-state index in [1.807, 2.05) is 11.8 Å². The van der Waals surface area contributed by atoms with Crippen molar-refractivity contribution < 1.29 is 4.79 Å². The molecule has 0 bridgehead atoms. The molecular weight excluding hydrogens is 326 g/mol. The zero-order valence-corrected chi connectivity index (χ0v) is 17.9. The van der Waals surface area contributed by atoms with Crippen LogP contribution < -0.4 is 0 Å². The van der Waals surface area contributed by atoms with E-state index < -0.39 is 0 Å². The normalized spacial score (nSPS) is 20.0. The second-order valence-electron chi connectivity index (χ2n) is 9.76. The van der Waals surface area contributed by atoms with E-state index in [-0.39, 0.29) is 16.2 Å². The lowest BCUT2D eigenvalue weighted by molar-refractivity contribution is -0.132. The van der Waals surface area contributed by atoms with Crippen molar-refractivity contribution in [3.05, 3.63) is 35.4 Å². The van der Waals surface area contributed by atoms with Gasteiger partial charge in [-0.2, -0.15) is 0 Å². The molecule has 0 aliphatic carbocycles. The molecule has 2 atom stereocenters. The van der Waals surface area contributed by atoms with Gasteiger partial charge in [-0.1, -0.05) is 72.7 Å². The Morgan fingerprint density at radius 1 is 1.16 bits per heavy atom. The minimum atomic E-state index is 0.166. The fourth-order valence-corrected chi connectivity index (χ4v) is 4.96. The number of nitrogens with zero attached hydrogens (tertiary/aromatic N) is 1. The maximum Gasteiger partial charge on any atom is 0.224 e. The van der Waals surface area contributed by atoms with Crippen LogP contribution in [0.25, 0.3) is 0 Å². The highest BCUT2D eigenvalue weighted by atomic mass is 32.2. The van der Waals surface area contributed by atoms with Crippen molar-refractivity contribution in [2.75, 3.05) is 12.3 Å². The molecule has 1 aliphatic rings.